The van der Waals surface area contributed by atoms with E-state index in [0.717, 1.165) is 53.3 Å². The van der Waals surface area contributed by atoms with Crippen LogP contribution >= 0.6 is 11.3 Å². The Labute approximate surface area is 155 Å². The van der Waals surface area contributed by atoms with Crippen molar-refractivity contribution in [2.75, 3.05) is 7.05 Å². The number of aryl methyl sites for hydroxylation is 2. The Morgan fingerprint density at radius 1 is 1.31 bits per heavy atom. The fourth-order valence-corrected chi connectivity index (χ4v) is 4.53. The van der Waals surface area contributed by atoms with E-state index < -0.39 is 0 Å². The largest absolute Gasteiger partial charge is 0.333 e. The molecule has 0 spiro atoms. The Balaban J connectivity index is 1.79. The number of rotatable bonds is 4. The van der Waals surface area contributed by atoms with Gasteiger partial charge in [-0.15, -0.1) is 11.3 Å². The van der Waals surface area contributed by atoms with Gasteiger partial charge >= 0.3 is 0 Å². The molecular weight excluding hydrogens is 350 g/mol. The van der Waals surface area contributed by atoms with E-state index in [0.29, 0.717) is 23.5 Å². The van der Waals surface area contributed by atoms with Crippen LogP contribution in [0.1, 0.15) is 43.4 Å². The van der Waals surface area contributed by atoms with E-state index in [4.69, 9.17) is 9.51 Å². The maximum absolute atomic E-state index is 13.0. The lowest BCUT2D eigenvalue weighted by Crippen LogP contribution is -2.24. The summed E-state index contributed by atoms with van der Waals surface area (Å²) in [5.41, 5.74) is 0.953. The lowest BCUT2D eigenvalue weighted by Gasteiger charge is -2.08. The van der Waals surface area contributed by atoms with Crippen LogP contribution in [0.15, 0.2) is 9.32 Å². The van der Waals surface area contributed by atoms with Gasteiger partial charge in [-0.05, 0) is 39.3 Å². The first-order chi connectivity index (χ1) is 12.6. The highest BCUT2D eigenvalue weighted by Crippen LogP contribution is 2.35. The van der Waals surface area contributed by atoms with E-state index in [1.54, 1.807) is 0 Å². The summed E-state index contributed by atoms with van der Waals surface area (Å²) in [6.07, 6.45) is 4.83. The van der Waals surface area contributed by atoms with Crippen molar-refractivity contribution in [3.05, 3.63) is 27.6 Å². The summed E-state index contributed by atoms with van der Waals surface area (Å²) in [4.78, 5) is 24.0. The molecule has 3 aromatic rings. The van der Waals surface area contributed by atoms with Crippen molar-refractivity contribution in [1.82, 2.24) is 25.0 Å². The average Bonchev–Trinajstić information content (AvgIpc) is 3.12. The van der Waals surface area contributed by atoms with Crippen molar-refractivity contribution in [2.24, 2.45) is 0 Å². The topological polar surface area (TPSA) is 85.8 Å². The molecule has 0 saturated heterocycles. The van der Waals surface area contributed by atoms with Crippen molar-refractivity contribution in [3.63, 3.8) is 0 Å². The van der Waals surface area contributed by atoms with E-state index in [9.17, 15) is 4.79 Å². The Kier molecular flexibility index (Phi) is 4.62. The van der Waals surface area contributed by atoms with Gasteiger partial charge in [0.1, 0.15) is 10.7 Å². The van der Waals surface area contributed by atoms with Crippen LogP contribution in [0.25, 0.3) is 21.0 Å². The quantitative estimate of drug-likeness (QED) is 0.757. The lowest BCUT2D eigenvalue weighted by molar-refractivity contribution is 0.419. The van der Waals surface area contributed by atoms with Crippen molar-refractivity contribution in [3.8, 4) is 10.8 Å². The second-order valence-electron chi connectivity index (χ2n) is 6.94. The number of likely N-dealkylation sites (N-methyl/N-ethyl adjacent to an activating group) is 1. The van der Waals surface area contributed by atoms with Gasteiger partial charge in [-0.25, -0.2) is 4.98 Å². The first-order valence-electron chi connectivity index (χ1n) is 9.11. The average molecular weight is 373 g/mol. The van der Waals surface area contributed by atoms with Crippen molar-refractivity contribution < 1.29 is 4.52 Å². The Hall–Kier alpha value is -2.06. The van der Waals surface area contributed by atoms with Gasteiger partial charge in [0.05, 0.1) is 10.3 Å². The first-order valence-corrected chi connectivity index (χ1v) is 9.93. The molecule has 0 radical (unpaired) electrons. The third-order valence-corrected chi connectivity index (χ3v) is 6.23. The molecule has 1 unspecified atom stereocenters. The maximum atomic E-state index is 13.0. The lowest BCUT2D eigenvalue weighted by atomic mass is 10.2. The molecule has 1 aliphatic rings. The van der Waals surface area contributed by atoms with Crippen LogP contribution in [-0.4, -0.2) is 32.8 Å². The van der Waals surface area contributed by atoms with E-state index >= 15 is 0 Å². The second-order valence-corrected chi connectivity index (χ2v) is 7.94. The number of hydrogen-bond donors (Lipinski definition) is 1. The molecule has 4 rings (SSSR count). The van der Waals surface area contributed by atoms with Gasteiger partial charge in [0.15, 0.2) is 5.82 Å². The number of nitrogens with one attached hydrogen (secondary N) is 1. The molecule has 3 aromatic heterocycles. The second kappa shape index (κ2) is 6.92. The molecule has 0 bridgehead atoms. The van der Waals surface area contributed by atoms with E-state index in [1.165, 1.54) is 11.3 Å². The van der Waals surface area contributed by atoms with Crippen LogP contribution in [0, 0.1) is 6.92 Å². The van der Waals surface area contributed by atoms with Crippen LogP contribution < -0.4 is 10.9 Å². The number of thiophene rings is 1. The van der Waals surface area contributed by atoms with Gasteiger partial charge in [-0.1, -0.05) is 11.6 Å². The molecule has 8 heteroatoms. The fraction of sp³-hybridized carbons (Fsp3) is 0.556. The molecule has 0 aromatic carbocycles. The van der Waals surface area contributed by atoms with Gasteiger partial charge in [-0.3, -0.25) is 9.36 Å². The summed E-state index contributed by atoms with van der Waals surface area (Å²) in [5, 5.41) is 7.94. The van der Waals surface area contributed by atoms with Gasteiger partial charge in [-0.2, -0.15) is 4.98 Å². The standard InChI is InChI=1S/C18H23N5O2S/c1-10(19-3)9-12-20-16(25-22-12)15-11(2)14-17(26-15)21-13-7-5-4-6-8-23(13)18(14)24/h10,19H,4-9H2,1-3H3. The SMILES string of the molecule is CNC(C)Cc1noc(-c2sc3nc4n(c(=O)c3c2C)CCCCC4)n1. The highest BCUT2D eigenvalue weighted by molar-refractivity contribution is 7.22. The minimum absolute atomic E-state index is 0.0652. The van der Waals surface area contributed by atoms with Gasteiger partial charge < -0.3 is 9.84 Å². The third-order valence-electron chi connectivity index (χ3n) is 5.06. The highest BCUT2D eigenvalue weighted by atomic mass is 32.1. The van der Waals surface area contributed by atoms with Gasteiger partial charge in [0, 0.05) is 25.4 Å². The molecule has 0 amide bonds. The zero-order valence-electron chi connectivity index (χ0n) is 15.3. The van der Waals surface area contributed by atoms with E-state index in [2.05, 4.69) is 22.4 Å². The number of aromatic nitrogens is 4. The molecule has 1 N–H and O–H groups in total. The molecule has 1 aliphatic heterocycles. The minimum atomic E-state index is 0.0652. The summed E-state index contributed by atoms with van der Waals surface area (Å²) < 4.78 is 7.33. The summed E-state index contributed by atoms with van der Waals surface area (Å²) in [6, 6.07) is 0.269. The zero-order valence-corrected chi connectivity index (χ0v) is 16.2. The molecular formula is C18H23N5O2S. The Morgan fingerprint density at radius 3 is 2.96 bits per heavy atom. The predicted molar refractivity (Wildman–Crippen MR) is 102 cm³/mol. The minimum Gasteiger partial charge on any atom is -0.333 e. The normalized spacial score (nSPS) is 15.8. The predicted octanol–water partition coefficient (Wildman–Crippen LogP) is 2.69. The molecule has 1 atom stereocenters. The molecule has 0 aliphatic carbocycles. The summed E-state index contributed by atoms with van der Waals surface area (Å²) in [6.45, 7) is 4.77. The van der Waals surface area contributed by atoms with Crippen LogP contribution in [0.5, 0.6) is 0 Å². The number of nitrogens with zero attached hydrogens (tertiary/aromatic N) is 4. The Morgan fingerprint density at radius 2 is 2.15 bits per heavy atom. The summed E-state index contributed by atoms with van der Waals surface area (Å²) >= 11 is 1.47. The van der Waals surface area contributed by atoms with Crippen molar-refractivity contribution in [1.29, 1.82) is 0 Å². The fourth-order valence-electron chi connectivity index (χ4n) is 3.42. The number of fused-ring (bicyclic) bond motifs is 2. The molecule has 26 heavy (non-hydrogen) atoms. The van der Waals surface area contributed by atoms with Crippen LogP contribution in [0.3, 0.4) is 0 Å². The van der Waals surface area contributed by atoms with E-state index in [-0.39, 0.29) is 11.6 Å². The number of hydrogen-bond acceptors (Lipinski definition) is 7. The maximum Gasteiger partial charge on any atom is 0.268 e. The van der Waals surface area contributed by atoms with Crippen LogP contribution in [-0.2, 0) is 19.4 Å². The Bertz CT molecular complexity index is 1000. The third kappa shape index (κ3) is 2.97. The molecule has 0 fully saturated rings. The first kappa shape index (κ1) is 17.4. The van der Waals surface area contributed by atoms with Crippen molar-refractivity contribution in [2.45, 2.75) is 58.5 Å². The highest BCUT2D eigenvalue weighted by Gasteiger charge is 2.22. The van der Waals surface area contributed by atoms with E-state index in [1.807, 2.05) is 18.5 Å². The van der Waals surface area contributed by atoms with Gasteiger partial charge in [0.2, 0.25) is 0 Å². The molecule has 138 valence electrons. The van der Waals surface area contributed by atoms with Crippen LogP contribution in [0.2, 0.25) is 0 Å². The molecule has 0 saturated carbocycles. The molecule has 7 nitrogen and oxygen atoms in total. The smallest absolute Gasteiger partial charge is 0.268 e. The van der Waals surface area contributed by atoms with Crippen molar-refractivity contribution >= 4 is 21.6 Å². The molecule has 4 heterocycles. The summed E-state index contributed by atoms with van der Waals surface area (Å²) in [7, 11) is 1.91. The zero-order chi connectivity index (χ0) is 18.3. The van der Waals surface area contributed by atoms with Crippen LogP contribution in [0.4, 0.5) is 0 Å². The van der Waals surface area contributed by atoms with Gasteiger partial charge in [0.25, 0.3) is 11.4 Å². The summed E-state index contributed by atoms with van der Waals surface area (Å²) in [5.74, 6) is 2.05. The monoisotopic (exact) mass is 373 g/mol.